The van der Waals surface area contributed by atoms with E-state index in [0.29, 0.717) is 5.92 Å². The summed E-state index contributed by atoms with van der Waals surface area (Å²) in [5.74, 6) is 0.433. The first kappa shape index (κ1) is 28.5. The van der Waals surface area contributed by atoms with Gasteiger partial charge < -0.3 is 35.4 Å². The van der Waals surface area contributed by atoms with Crippen LogP contribution in [0.2, 0.25) is 5.02 Å². The minimum absolute atomic E-state index is 0. The summed E-state index contributed by atoms with van der Waals surface area (Å²) < 4.78 is 8.88. The molecule has 30 heavy (non-hydrogen) atoms. The maximum atomic E-state index is 8.88. The number of halogens is 1. The van der Waals surface area contributed by atoms with Gasteiger partial charge in [-0.1, -0.05) is 29.8 Å². The van der Waals surface area contributed by atoms with Crippen molar-refractivity contribution in [1.82, 2.24) is 4.90 Å². The lowest BCUT2D eigenvalue weighted by molar-refractivity contribution is 0.275. The molecule has 0 radical (unpaired) electrons. The van der Waals surface area contributed by atoms with Crippen LogP contribution in [0.1, 0.15) is 36.8 Å². The standard InChI is InChI=1S/C20H25ClN2.H3O4P.2H2O/c1-4-23-19-10-6-5-8-17(19)16(9-7-13-22(2)3)18-14-15(21)11-12-20(18)23;1-5(2,3)4;;/h5-6,8,10-12,14,16H,4,7,9,13H2,1-3H3;(H3,1,2,3,4);2*1H2. The molecule has 3 rings (SSSR count). The van der Waals surface area contributed by atoms with Crippen LogP contribution in [0.25, 0.3) is 0 Å². The highest BCUT2D eigenvalue weighted by Crippen LogP contribution is 2.47. The molecule has 0 amide bonds. The summed E-state index contributed by atoms with van der Waals surface area (Å²) in [7, 11) is -0.364. The summed E-state index contributed by atoms with van der Waals surface area (Å²) in [6.45, 7) is 4.30. The van der Waals surface area contributed by atoms with Gasteiger partial charge in [0, 0.05) is 28.9 Å². The van der Waals surface area contributed by atoms with Gasteiger partial charge in [-0.2, -0.15) is 0 Å². The van der Waals surface area contributed by atoms with Crippen LogP contribution >= 0.6 is 19.4 Å². The molecule has 1 unspecified atom stereocenters. The maximum Gasteiger partial charge on any atom is 0.466 e. The van der Waals surface area contributed by atoms with Gasteiger partial charge in [0.25, 0.3) is 0 Å². The van der Waals surface area contributed by atoms with E-state index in [1.165, 1.54) is 28.9 Å². The zero-order valence-electron chi connectivity index (χ0n) is 17.4. The minimum atomic E-state index is -4.64. The van der Waals surface area contributed by atoms with Crippen molar-refractivity contribution in [3.05, 3.63) is 58.6 Å². The number of anilines is 2. The van der Waals surface area contributed by atoms with Gasteiger partial charge in [-0.25, -0.2) is 4.57 Å². The van der Waals surface area contributed by atoms with Crippen LogP contribution < -0.4 is 4.90 Å². The van der Waals surface area contributed by atoms with Crippen LogP contribution in [0.15, 0.2) is 42.5 Å². The van der Waals surface area contributed by atoms with Crippen LogP contribution in [0.5, 0.6) is 0 Å². The van der Waals surface area contributed by atoms with Crippen molar-refractivity contribution in [2.24, 2.45) is 0 Å². The summed E-state index contributed by atoms with van der Waals surface area (Å²) in [6.07, 6.45) is 2.34. The summed E-state index contributed by atoms with van der Waals surface area (Å²) in [5.41, 5.74) is 5.46. The van der Waals surface area contributed by atoms with Crippen molar-refractivity contribution in [1.29, 1.82) is 0 Å². The number of rotatable bonds is 5. The second-order valence-electron chi connectivity index (χ2n) is 7.02. The van der Waals surface area contributed by atoms with Gasteiger partial charge in [0.15, 0.2) is 0 Å². The molecule has 1 aliphatic rings. The van der Waals surface area contributed by atoms with Crippen LogP contribution in [0.4, 0.5) is 11.4 Å². The SMILES string of the molecule is CCN1c2ccccc2C(CCCN(C)C)c2cc(Cl)ccc21.O.O.O=P(O)(O)O. The van der Waals surface area contributed by atoms with Gasteiger partial charge in [0.1, 0.15) is 0 Å². The van der Waals surface area contributed by atoms with Gasteiger partial charge >= 0.3 is 7.82 Å². The van der Waals surface area contributed by atoms with Crippen LogP contribution in [0, 0.1) is 0 Å². The number of benzene rings is 2. The van der Waals surface area contributed by atoms with Gasteiger partial charge in [-0.05, 0) is 75.8 Å². The lowest BCUT2D eigenvalue weighted by Gasteiger charge is -2.37. The molecule has 0 fully saturated rings. The fourth-order valence-electron chi connectivity index (χ4n) is 3.64. The first-order chi connectivity index (χ1) is 13.1. The van der Waals surface area contributed by atoms with Gasteiger partial charge in [-0.15, -0.1) is 0 Å². The smallest absolute Gasteiger partial charge is 0.412 e. The van der Waals surface area contributed by atoms with Gasteiger partial charge in [-0.3, -0.25) is 0 Å². The highest BCUT2D eigenvalue weighted by Gasteiger charge is 2.29. The Morgan fingerprint density at radius 1 is 1.03 bits per heavy atom. The predicted octanol–water partition coefficient (Wildman–Crippen LogP) is 2.71. The molecule has 0 saturated carbocycles. The Hall–Kier alpha value is -1.48. The normalized spacial score (nSPS) is 14.5. The number of hydrogen-bond acceptors (Lipinski definition) is 3. The maximum absolute atomic E-state index is 8.88. The molecule has 1 heterocycles. The fourth-order valence-corrected chi connectivity index (χ4v) is 3.82. The first-order valence-electron chi connectivity index (χ1n) is 9.20. The number of hydrogen-bond donors (Lipinski definition) is 3. The lowest BCUT2D eigenvalue weighted by atomic mass is 9.82. The third-order valence-electron chi connectivity index (χ3n) is 4.67. The topological polar surface area (TPSA) is 147 Å². The van der Waals surface area contributed by atoms with E-state index in [0.717, 1.165) is 24.5 Å². The van der Waals surface area contributed by atoms with Crippen molar-refractivity contribution >= 4 is 30.8 Å². The van der Waals surface area contributed by atoms with E-state index >= 15 is 0 Å². The van der Waals surface area contributed by atoms with Crippen LogP contribution in [-0.4, -0.2) is 57.7 Å². The molecular formula is C20H32ClN2O6P. The van der Waals surface area contributed by atoms with Gasteiger partial charge in [0.2, 0.25) is 0 Å². The van der Waals surface area contributed by atoms with E-state index in [2.05, 4.69) is 67.2 Å². The second kappa shape index (κ2) is 12.4. The first-order valence-corrected chi connectivity index (χ1v) is 11.1. The highest BCUT2D eigenvalue weighted by molar-refractivity contribution is 7.45. The van der Waals surface area contributed by atoms with Gasteiger partial charge in [0.05, 0.1) is 0 Å². The summed E-state index contributed by atoms with van der Waals surface area (Å²) in [5, 5.41) is 0.830. The molecule has 0 bridgehead atoms. The van der Waals surface area contributed by atoms with Crippen LogP contribution in [-0.2, 0) is 4.57 Å². The Kier molecular flexibility index (Phi) is 11.8. The van der Waals surface area contributed by atoms with Crippen molar-refractivity contribution < 1.29 is 30.2 Å². The monoisotopic (exact) mass is 462 g/mol. The third-order valence-corrected chi connectivity index (χ3v) is 4.91. The fraction of sp³-hybridized carbons (Fsp3) is 0.400. The minimum Gasteiger partial charge on any atom is -0.412 e. The van der Waals surface area contributed by atoms with E-state index in [-0.39, 0.29) is 11.0 Å². The van der Waals surface area contributed by atoms with Crippen molar-refractivity contribution in [3.63, 3.8) is 0 Å². The third kappa shape index (κ3) is 7.98. The molecule has 0 spiro atoms. The van der Waals surface area contributed by atoms with Crippen LogP contribution in [0.3, 0.4) is 0 Å². The average Bonchev–Trinajstić information content (AvgIpc) is 2.59. The Balaban J connectivity index is 0.00000108. The molecule has 0 aromatic heterocycles. The number of phosphoric acid groups is 1. The molecule has 1 aliphatic heterocycles. The summed E-state index contributed by atoms with van der Waals surface area (Å²) in [6, 6.07) is 15.2. The molecule has 2 aromatic rings. The predicted molar refractivity (Wildman–Crippen MR) is 122 cm³/mol. The van der Waals surface area contributed by atoms with Crippen molar-refractivity contribution in [2.75, 3.05) is 32.1 Å². The quantitative estimate of drug-likeness (QED) is 0.582. The Bertz CT molecular complexity index is 838. The largest absolute Gasteiger partial charge is 0.466 e. The molecule has 10 heteroatoms. The molecular weight excluding hydrogens is 431 g/mol. The zero-order chi connectivity index (χ0) is 20.9. The molecule has 1 atom stereocenters. The molecule has 0 aliphatic carbocycles. The Labute approximate surface area is 182 Å². The second-order valence-corrected chi connectivity index (χ2v) is 8.48. The van der Waals surface area contributed by atoms with E-state index < -0.39 is 7.82 Å². The molecule has 2 aromatic carbocycles. The number of nitrogens with zero attached hydrogens (tertiary/aromatic N) is 2. The molecule has 8 nitrogen and oxygen atoms in total. The lowest BCUT2D eigenvalue weighted by Crippen LogP contribution is -2.25. The summed E-state index contributed by atoms with van der Waals surface area (Å²) >= 11 is 6.32. The van der Waals surface area contributed by atoms with Crippen molar-refractivity contribution in [3.8, 4) is 0 Å². The number of para-hydroxylation sites is 1. The number of fused-ring (bicyclic) bond motifs is 2. The molecule has 0 saturated heterocycles. The van der Waals surface area contributed by atoms with Crippen molar-refractivity contribution in [2.45, 2.75) is 25.7 Å². The Morgan fingerprint density at radius 3 is 2.17 bits per heavy atom. The zero-order valence-corrected chi connectivity index (χ0v) is 19.1. The van der Waals surface area contributed by atoms with E-state index in [1.807, 2.05) is 6.07 Å². The van der Waals surface area contributed by atoms with E-state index in [1.54, 1.807) is 0 Å². The highest BCUT2D eigenvalue weighted by atomic mass is 35.5. The summed E-state index contributed by atoms with van der Waals surface area (Å²) in [4.78, 5) is 26.2. The average molecular weight is 463 g/mol. The molecule has 170 valence electrons. The molecule has 7 N–H and O–H groups in total. The Morgan fingerprint density at radius 2 is 1.60 bits per heavy atom. The van der Waals surface area contributed by atoms with E-state index in [9.17, 15) is 0 Å². The van der Waals surface area contributed by atoms with E-state index in [4.69, 9.17) is 30.8 Å².